The molecule has 0 spiro atoms. The van der Waals surface area contributed by atoms with Crippen LogP contribution in [0, 0.1) is 0 Å². The van der Waals surface area contributed by atoms with Gasteiger partial charge in [0, 0.05) is 27.1 Å². The first-order chi connectivity index (χ1) is 11.2. The first kappa shape index (κ1) is 24.0. The molecule has 138 valence electrons. The maximum absolute atomic E-state index is 11.0. The van der Waals surface area contributed by atoms with E-state index < -0.39 is 0 Å². The molecule has 0 saturated carbocycles. The number of hydrogen-bond acceptors (Lipinski definition) is 6. The van der Waals surface area contributed by atoms with Crippen molar-refractivity contribution >= 4 is 11.8 Å². The summed E-state index contributed by atoms with van der Waals surface area (Å²) in [5.41, 5.74) is 0. The molecule has 0 fully saturated rings. The van der Waals surface area contributed by atoms with Crippen LogP contribution < -0.4 is 10.6 Å². The van der Waals surface area contributed by atoms with Crippen molar-refractivity contribution in [1.29, 1.82) is 0 Å². The molecular weight excluding hydrogens is 304 g/mol. The van der Waals surface area contributed by atoms with Crippen LogP contribution in [0.15, 0.2) is 0 Å². The van der Waals surface area contributed by atoms with Gasteiger partial charge in [0.25, 0.3) is 0 Å². The second kappa shape index (κ2) is 20.8. The predicted molar refractivity (Wildman–Crippen MR) is 87.4 cm³/mol. The van der Waals surface area contributed by atoms with Gasteiger partial charge in [-0.05, 0) is 0 Å². The van der Waals surface area contributed by atoms with Gasteiger partial charge in [-0.3, -0.25) is 9.59 Å². The topological polar surface area (TPSA) is 95.1 Å². The number of hydrogen-bond donors (Lipinski definition) is 2. The summed E-state index contributed by atoms with van der Waals surface area (Å²) in [6.07, 6.45) is 0. The SMILES string of the molecule is CC.COCC(=O)NCCOCCOCCOCCNC(C)=O. The normalized spacial score (nSPS) is 9.74. The van der Waals surface area contributed by atoms with Gasteiger partial charge in [-0.2, -0.15) is 0 Å². The Balaban J connectivity index is 0. The molecule has 0 radical (unpaired) electrons. The molecule has 0 aliphatic heterocycles. The highest BCUT2D eigenvalue weighted by Crippen LogP contribution is 1.81. The minimum atomic E-state index is -0.159. The minimum Gasteiger partial charge on any atom is -0.377 e. The highest BCUT2D eigenvalue weighted by atomic mass is 16.5. The Morgan fingerprint density at radius 1 is 0.783 bits per heavy atom. The summed E-state index contributed by atoms with van der Waals surface area (Å²) in [4.78, 5) is 21.6. The van der Waals surface area contributed by atoms with E-state index in [1.165, 1.54) is 14.0 Å². The number of nitrogens with one attached hydrogen (secondary N) is 2. The summed E-state index contributed by atoms with van der Waals surface area (Å²) in [5, 5.41) is 5.27. The average molecular weight is 336 g/mol. The molecular formula is C15H32N2O6. The highest BCUT2D eigenvalue weighted by molar-refractivity contribution is 5.77. The van der Waals surface area contributed by atoms with Crippen molar-refractivity contribution in [2.75, 3.05) is 66.4 Å². The van der Waals surface area contributed by atoms with Crippen molar-refractivity contribution in [1.82, 2.24) is 10.6 Å². The first-order valence-electron chi connectivity index (χ1n) is 7.90. The molecule has 0 aromatic heterocycles. The second-order valence-corrected chi connectivity index (χ2v) is 4.10. The Morgan fingerprint density at radius 3 is 1.65 bits per heavy atom. The minimum absolute atomic E-state index is 0.0606. The molecule has 0 bridgehead atoms. The number of methoxy groups -OCH3 is 1. The van der Waals surface area contributed by atoms with E-state index in [-0.39, 0.29) is 18.4 Å². The van der Waals surface area contributed by atoms with Crippen molar-refractivity contribution in [3.63, 3.8) is 0 Å². The molecule has 23 heavy (non-hydrogen) atoms. The Hall–Kier alpha value is -1.22. The number of ether oxygens (including phenoxy) is 4. The van der Waals surface area contributed by atoms with Crippen LogP contribution in [0.25, 0.3) is 0 Å². The highest BCUT2D eigenvalue weighted by Gasteiger charge is 1.98. The van der Waals surface area contributed by atoms with Crippen LogP contribution in [0.4, 0.5) is 0 Å². The molecule has 8 nitrogen and oxygen atoms in total. The van der Waals surface area contributed by atoms with Crippen molar-refractivity contribution in [3.05, 3.63) is 0 Å². The van der Waals surface area contributed by atoms with E-state index in [0.717, 1.165) is 0 Å². The monoisotopic (exact) mass is 336 g/mol. The molecule has 8 heteroatoms. The Labute approximate surface area is 139 Å². The average Bonchev–Trinajstić information content (AvgIpc) is 2.53. The maximum Gasteiger partial charge on any atom is 0.246 e. The van der Waals surface area contributed by atoms with Gasteiger partial charge < -0.3 is 29.6 Å². The van der Waals surface area contributed by atoms with E-state index in [4.69, 9.17) is 14.2 Å². The maximum atomic E-state index is 11.0. The summed E-state index contributed by atoms with van der Waals surface area (Å²) in [6.45, 7) is 9.29. The van der Waals surface area contributed by atoms with E-state index in [2.05, 4.69) is 15.4 Å². The summed E-state index contributed by atoms with van der Waals surface area (Å²) in [6, 6.07) is 0. The molecule has 0 saturated heterocycles. The molecule has 2 amide bonds. The van der Waals surface area contributed by atoms with Crippen molar-refractivity contribution < 1.29 is 28.5 Å². The molecule has 0 aliphatic carbocycles. The lowest BCUT2D eigenvalue weighted by molar-refractivity contribution is -0.125. The molecule has 0 aromatic carbocycles. The molecule has 2 N–H and O–H groups in total. The van der Waals surface area contributed by atoms with Crippen LogP contribution in [-0.4, -0.2) is 78.3 Å². The van der Waals surface area contributed by atoms with E-state index in [1.54, 1.807) is 0 Å². The lowest BCUT2D eigenvalue weighted by Gasteiger charge is -2.07. The Kier molecular flexibility index (Phi) is 21.7. The zero-order valence-corrected chi connectivity index (χ0v) is 14.8. The number of rotatable bonds is 14. The van der Waals surface area contributed by atoms with E-state index in [0.29, 0.717) is 52.7 Å². The molecule has 0 rings (SSSR count). The third kappa shape index (κ3) is 23.2. The zero-order chi connectivity index (χ0) is 17.8. The second-order valence-electron chi connectivity index (χ2n) is 4.10. The molecule has 0 heterocycles. The van der Waals surface area contributed by atoms with Gasteiger partial charge in [-0.15, -0.1) is 0 Å². The fourth-order valence-corrected chi connectivity index (χ4v) is 1.29. The van der Waals surface area contributed by atoms with Gasteiger partial charge in [0.15, 0.2) is 0 Å². The van der Waals surface area contributed by atoms with Crippen LogP contribution in [0.2, 0.25) is 0 Å². The van der Waals surface area contributed by atoms with Gasteiger partial charge in [-0.1, -0.05) is 13.8 Å². The Morgan fingerprint density at radius 2 is 1.22 bits per heavy atom. The van der Waals surface area contributed by atoms with Crippen LogP contribution >= 0.6 is 0 Å². The van der Waals surface area contributed by atoms with E-state index in [1.807, 2.05) is 13.8 Å². The lowest BCUT2D eigenvalue weighted by atomic mass is 10.6. The van der Waals surface area contributed by atoms with Crippen LogP contribution in [0.3, 0.4) is 0 Å². The van der Waals surface area contributed by atoms with Crippen LogP contribution in [0.5, 0.6) is 0 Å². The van der Waals surface area contributed by atoms with Gasteiger partial charge in [-0.25, -0.2) is 0 Å². The van der Waals surface area contributed by atoms with E-state index >= 15 is 0 Å². The number of carbonyl (C=O) groups is 2. The predicted octanol–water partition coefficient (Wildman–Crippen LogP) is -0.0389. The molecule has 0 unspecified atom stereocenters. The van der Waals surface area contributed by atoms with Gasteiger partial charge >= 0.3 is 0 Å². The van der Waals surface area contributed by atoms with Crippen molar-refractivity contribution in [3.8, 4) is 0 Å². The quantitative estimate of drug-likeness (QED) is 0.432. The first-order valence-corrected chi connectivity index (χ1v) is 7.90. The summed E-state index contributed by atoms with van der Waals surface area (Å²) < 4.78 is 20.5. The Bertz CT molecular complexity index is 277. The third-order valence-corrected chi connectivity index (χ3v) is 2.21. The molecule has 0 aromatic rings. The number of amides is 2. The summed E-state index contributed by atoms with van der Waals surface area (Å²) in [5.74, 6) is -0.223. The largest absolute Gasteiger partial charge is 0.377 e. The van der Waals surface area contributed by atoms with Gasteiger partial charge in [0.1, 0.15) is 6.61 Å². The van der Waals surface area contributed by atoms with Gasteiger partial charge in [0.05, 0.1) is 39.6 Å². The smallest absolute Gasteiger partial charge is 0.246 e. The summed E-state index contributed by atoms with van der Waals surface area (Å²) >= 11 is 0. The van der Waals surface area contributed by atoms with Crippen LogP contribution in [-0.2, 0) is 28.5 Å². The fraction of sp³-hybridized carbons (Fsp3) is 0.867. The zero-order valence-electron chi connectivity index (χ0n) is 14.8. The fourth-order valence-electron chi connectivity index (χ4n) is 1.29. The third-order valence-electron chi connectivity index (χ3n) is 2.21. The summed E-state index contributed by atoms with van der Waals surface area (Å²) in [7, 11) is 1.47. The van der Waals surface area contributed by atoms with E-state index in [9.17, 15) is 9.59 Å². The molecule has 0 aliphatic rings. The van der Waals surface area contributed by atoms with Crippen molar-refractivity contribution in [2.45, 2.75) is 20.8 Å². The lowest BCUT2D eigenvalue weighted by Crippen LogP contribution is -2.30. The number of carbonyl (C=O) groups excluding carboxylic acids is 2. The van der Waals surface area contributed by atoms with Gasteiger partial charge in [0.2, 0.25) is 11.8 Å². The van der Waals surface area contributed by atoms with Crippen LogP contribution in [0.1, 0.15) is 20.8 Å². The van der Waals surface area contributed by atoms with Crippen molar-refractivity contribution in [2.24, 2.45) is 0 Å². The molecule has 0 atom stereocenters. The standard InChI is InChI=1S/C13H26N2O6.C2H6/c1-12(16)14-3-5-19-7-9-21-10-8-20-6-4-15-13(17)11-18-2;1-2/h3-11H2,1-2H3,(H,14,16)(H,15,17);1-2H3.